The zero-order valence-electron chi connectivity index (χ0n) is 17.5. The average Bonchev–Trinajstić information content (AvgIpc) is 3.13. The third-order valence-corrected chi connectivity index (χ3v) is 5.41. The molecule has 2 N–H and O–H groups in total. The largest absolute Gasteiger partial charge is 0.496 e. The van der Waals surface area contributed by atoms with E-state index in [2.05, 4.69) is 11.4 Å². The second kappa shape index (κ2) is 9.96. The number of nitrogens with one attached hydrogen (secondary N) is 1. The normalized spacial score (nSPS) is 12.9. The maximum absolute atomic E-state index is 14.1. The number of aliphatic hydroxyl groups is 1. The van der Waals surface area contributed by atoms with Gasteiger partial charge in [-0.2, -0.15) is 0 Å². The van der Waals surface area contributed by atoms with Crippen molar-refractivity contribution in [2.45, 2.75) is 12.1 Å². The molecule has 0 saturated carbocycles. The second-order valence-corrected chi connectivity index (χ2v) is 7.29. The number of para-hydroxylation sites is 2. The molecule has 4 rings (SSSR count). The lowest BCUT2D eigenvalue weighted by molar-refractivity contribution is 0.132. The number of fused-ring (bicyclic) bond motifs is 1. The minimum Gasteiger partial charge on any atom is -0.496 e. The second-order valence-electron chi connectivity index (χ2n) is 7.29. The summed E-state index contributed by atoms with van der Waals surface area (Å²) in [5, 5.41) is 15.1. The molecule has 0 bridgehead atoms. The van der Waals surface area contributed by atoms with Crippen LogP contribution in [0.25, 0.3) is 22.0 Å². The van der Waals surface area contributed by atoms with Crippen molar-refractivity contribution in [2.24, 2.45) is 0 Å². The molecule has 4 aromatic rings. The molecule has 6 heteroatoms. The van der Waals surface area contributed by atoms with Crippen molar-refractivity contribution in [3.63, 3.8) is 0 Å². The minimum absolute atomic E-state index is 0. The van der Waals surface area contributed by atoms with E-state index in [0.717, 1.165) is 27.8 Å². The third kappa shape index (κ3) is 4.44. The molecule has 0 amide bonds. The molecule has 0 unspecified atom stereocenters. The predicted molar refractivity (Wildman–Crippen MR) is 126 cm³/mol. The summed E-state index contributed by atoms with van der Waals surface area (Å²) >= 11 is 0. The molecule has 1 heterocycles. The molecule has 0 saturated heterocycles. The van der Waals surface area contributed by atoms with Gasteiger partial charge in [0.1, 0.15) is 11.6 Å². The maximum atomic E-state index is 14.1. The third-order valence-electron chi connectivity index (χ3n) is 5.41. The monoisotopic (exact) mass is 440 g/mol. The Kier molecular flexibility index (Phi) is 7.33. The van der Waals surface area contributed by atoms with Crippen LogP contribution in [0.3, 0.4) is 0 Å². The number of rotatable bonds is 7. The molecule has 0 aliphatic carbocycles. The number of methoxy groups -OCH3 is 1. The fourth-order valence-electron chi connectivity index (χ4n) is 4.10. The van der Waals surface area contributed by atoms with Crippen LogP contribution in [0.5, 0.6) is 5.75 Å². The van der Waals surface area contributed by atoms with Crippen LogP contribution in [0.1, 0.15) is 11.6 Å². The van der Waals surface area contributed by atoms with E-state index in [1.807, 2.05) is 59.3 Å². The van der Waals surface area contributed by atoms with Gasteiger partial charge in [-0.05, 0) is 36.9 Å². The molecule has 0 radical (unpaired) electrons. The zero-order chi connectivity index (χ0) is 21.1. The fraction of sp³-hybridized carbons (Fsp3) is 0.200. The molecule has 31 heavy (non-hydrogen) atoms. The van der Waals surface area contributed by atoms with Gasteiger partial charge in [0.05, 0.1) is 19.3 Å². The summed E-state index contributed by atoms with van der Waals surface area (Å²) in [6, 6.07) is 21.9. The Hall–Kier alpha value is -2.86. The molecule has 4 nitrogen and oxygen atoms in total. The summed E-state index contributed by atoms with van der Waals surface area (Å²) in [5.74, 6) is 0.453. The van der Waals surface area contributed by atoms with Crippen molar-refractivity contribution in [2.75, 3.05) is 20.7 Å². The van der Waals surface area contributed by atoms with Crippen LogP contribution in [-0.4, -0.2) is 36.5 Å². The van der Waals surface area contributed by atoms with Crippen molar-refractivity contribution in [1.82, 2.24) is 9.88 Å². The van der Waals surface area contributed by atoms with Gasteiger partial charge < -0.3 is 19.7 Å². The number of hydrogen-bond acceptors (Lipinski definition) is 3. The van der Waals surface area contributed by atoms with E-state index in [4.69, 9.17) is 4.74 Å². The van der Waals surface area contributed by atoms with Gasteiger partial charge in [0.2, 0.25) is 0 Å². The lowest BCUT2D eigenvalue weighted by atomic mass is 10.0. The van der Waals surface area contributed by atoms with E-state index in [1.165, 1.54) is 12.1 Å². The molecule has 2 atom stereocenters. The first-order valence-corrected chi connectivity index (χ1v) is 9.95. The smallest absolute Gasteiger partial charge is 0.126 e. The summed E-state index contributed by atoms with van der Waals surface area (Å²) < 4.78 is 21.7. The first kappa shape index (κ1) is 22.8. The van der Waals surface area contributed by atoms with E-state index in [9.17, 15) is 9.50 Å². The fourth-order valence-corrected chi connectivity index (χ4v) is 4.10. The number of hydrogen-bond donors (Lipinski definition) is 2. The predicted octanol–water partition coefficient (Wildman–Crippen LogP) is 5.05. The number of benzene rings is 3. The summed E-state index contributed by atoms with van der Waals surface area (Å²) in [6.07, 6.45) is 1.27. The number of ether oxygens (including phenoxy) is 1. The highest BCUT2D eigenvalue weighted by Gasteiger charge is 2.26. The summed E-state index contributed by atoms with van der Waals surface area (Å²) in [5.41, 5.74) is 3.64. The zero-order valence-corrected chi connectivity index (χ0v) is 18.3. The van der Waals surface area contributed by atoms with E-state index in [-0.39, 0.29) is 18.2 Å². The Balaban J connectivity index is 0.00000272. The number of aromatic nitrogens is 1. The minimum atomic E-state index is -0.752. The van der Waals surface area contributed by atoms with Crippen LogP contribution in [-0.2, 0) is 0 Å². The molecular weight excluding hydrogens is 415 g/mol. The van der Waals surface area contributed by atoms with Crippen molar-refractivity contribution in [3.8, 4) is 16.9 Å². The SMILES string of the molecule is CNC[C@@H](O)[C@H](c1cccc(F)c1)n1cc(-c2ccccc2OC)c2ccccc21.Cl. The van der Waals surface area contributed by atoms with Crippen molar-refractivity contribution in [3.05, 3.63) is 90.4 Å². The summed E-state index contributed by atoms with van der Waals surface area (Å²) in [6.45, 7) is 0.373. The van der Waals surface area contributed by atoms with Crippen LogP contribution < -0.4 is 10.1 Å². The lowest BCUT2D eigenvalue weighted by Crippen LogP contribution is -2.33. The number of nitrogens with zero attached hydrogens (tertiary/aromatic N) is 1. The van der Waals surface area contributed by atoms with Gasteiger partial charge in [0, 0.05) is 34.8 Å². The van der Waals surface area contributed by atoms with Crippen molar-refractivity contribution < 1.29 is 14.2 Å². The van der Waals surface area contributed by atoms with Crippen LogP contribution >= 0.6 is 12.4 Å². The topological polar surface area (TPSA) is 46.4 Å². The van der Waals surface area contributed by atoms with Gasteiger partial charge >= 0.3 is 0 Å². The van der Waals surface area contributed by atoms with Gasteiger partial charge in [0.15, 0.2) is 0 Å². The quantitative estimate of drug-likeness (QED) is 0.423. The lowest BCUT2D eigenvalue weighted by Gasteiger charge is -2.26. The highest BCUT2D eigenvalue weighted by Crippen LogP contribution is 2.39. The van der Waals surface area contributed by atoms with Crippen LogP contribution in [0.2, 0.25) is 0 Å². The molecule has 0 fully saturated rings. The first-order chi connectivity index (χ1) is 14.6. The molecule has 1 aromatic heterocycles. The highest BCUT2D eigenvalue weighted by molar-refractivity contribution is 5.97. The Bertz CT molecular complexity index is 1160. The summed E-state index contributed by atoms with van der Waals surface area (Å²) in [7, 11) is 3.45. The highest BCUT2D eigenvalue weighted by atomic mass is 35.5. The molecule has 0 spiro atoms. The molecule has 0 aliphatic heterocycles. The Morgan fingerprint density at radius 2 is 1.74 bits per heavy atom. The maximum Gasteiger partial charge on any atom is 0.126 e. The first-order valence-electron chi connectivity index (χ1n) is 9.95. The van der Waals surface area contributed by atoms with E-state index >= 15 is 0 Å². The van der Waals surface area contributed by atoms with E-state index in [1.54, 1.807) is 20.2 Å². The average molecular weight is 441 g/mol. The number of aliphatic hydroxyl groups excluding tert-OH is 1. The van der Waals surface area contributed by atoms with Gasteiger partial charge in [0.25, 0.3) is 0 Å². The van der Waals surface area contributed by atoms with Crippen molar-refractivity contribution >= 4 is 23.3 Å². The van der Waals surface area contributed by atoms with Crippen LogP contribution in [0.4, 0.5) is 4.39 Å². The molecule has 0 aliphatic rings. The van der Waals surface area contributed by atoms with Gasteiger partial charge in [-0.15, -0.1) is 12.4 Å². The van der Waals surface area contributed by atoms with Gasteiger partial charge in [-0.3, -0.25) is 0 Å². The van der Waals surface area contributed by atoms with Crippen LogP contribution in [0, 0.1) is 5.82 Å². The molecule has 162 valence electrons. The Labute approximate surface area is 187 Å². The Morgan fingerprint density at radius 3 is 2.48 bits per heavy atom. The van der Waals surface area contributed by atoms with Crippen LogP contribution in [0.15, 0.2) is 79.0 Å². The Morgan fingerprint density at radius 1 is 1.00 bits per heavy atom. The van der Waals surface area contributed by atoms with E-state index < -0.39 is 12.1 Å². The van der Waals surface area contributed by atoms with Gasteiger partial charge in [-0.1, -0.05) is 48.5 Å². The van der Waals surface area contributed by atoms with Crippen molar-refractivity contribution in [1.29, 1.82) is 0 Å². The summed E-state index contributed by atoms with van der Waals surface area (Å²) in [4.78, 5) is 0. The molecular formula is C25H26ClFN2O2. The van der Waals surface area contributed by atoms with E-state index in [0.29, 0.717) is 12.1 Å². The number of likely N-dealkylation sites (N-methyl/N-ethyl adjacent to an activating group) is 1. The molecule has 3 aromatic carbocycles. The number of halogens is 2. The van der Waals surface area contributed by atoms with Gasteiger partial charge in [-0.25, -0.2) is 4.39 Å². The standard InChI is InChI=1S/C25H25FN2O2.ClH/c1-27-15-23(29)25(17-8-7-9-18(26)14-17)28-16-21(19-10-3-5-12-22(19)28)20-11-4-6-13-24(20)30-2;/h3-14,16,23,25,27,29H,15H2,1-2H3;1H/t23-,25+;/m1./s1.